The van der Waals surface area contributed by atoms with Crippen LogP contribution in [0.15, 0.2) is 29.8 Å². The van der Waals surface area contributed by atoms with Crippen LogP contribution in [0, 0.1) is 0 Å². The molecule has 6 nitrogen and oxygen atoms in total. The predicted octanol–water partition coefficient (Wildman–Crippen LogP) is 0.294. The highest BCUT2D eigenvalue weighted by Crippen LogP contribution is 2.16. The summed E-state index contributed by atoms with van der Waals surface area (Å²) in [5.74, 6) is -0.590. The van der Waals surface area contributed by atoms with Crippen molar-refractivity contribution in [3.63, 3.8) is 0 Å². The van der Waals surface area contributed by atoms with Crippen LogP contribution in [0.25, 0.3) is 6.08 Å². The second-order valence-electron chi connectivity index (χ2n) is 4.42. The van der Waals surface area contributed by atoms with E-state index in [2.05, 4.69) is 10.6 Å². The average Bonchev–Trinajstić information content (AvgIpc) is 2.34. The van der Waals surface area contributed by atoms with Gasteiger partial charge in [0, 0.05) is 19.8 Å². The minimum absolute atomic E-state index is 0.109. The maximum Gasteiger partial charge on any atom is 0.323 e. The van der Waals surface area contributed by atoms with Crippen LogP contribution in [0.5, 0.6) is 0 Å². The fraction of sp³-hybridized carbons (Fsp3) is 0.231. The van der Waals surface area contributed by atoms with Crippen LogP contribution < -0.4 is 15.5 Å². The highest BCUT2D eigenvalue weighted by Gasteiger charge is 2.27. The Morgan fingerprint density at radius 3 is 2.37 bits per heavy atom. The van der Waals surface area contributed by atoms with E-state index >= 15 is 0 Å². The largest absolute Gasteiger partial charge is 0.378 e. The van der Waals surface area contributed by atoms with Crippen LogP contribution in [0.1, 0.15) is 5.56 Å². The molecule has 2 rings (SSSR count). The first-order valence-electron chi connectivity index (χ1n) is 5.76. The third-order valence-electron chi connectivity index (χ3n) is 2.78. The molecule has 100 valence electrons. The molecule has 1 aromatic rings. The Morgan fingerprint density at radius 2 is 1.84 bits per heavy atom. The second-order valence-corrected chi connectivity index (χ2v) is 4.42. The summed E-state index contributed by atoms with van der Waals surface area (Å²) in [7, 11) is 3.86. The highest BCUT2D eigenvalue weighted by atomic mass is 16.3. The van der Waals surface area contributed by atoms with E-state index in [1.807, 2.05) is 43.3 Å². The van der Waals surface area contributed by atoms with Gasteiger partial charge in [0.2, 0.25) is 0 Å². The maximum absolute atomic E-state index is 11.6. The standard InChI is InChI=1S/C13H15N3O3/c1-16(2)9-5-3-8(4-6-9)7-10-11(17)14-13(19)15-12(10)18/h3-7,11,17H,1-2H3,(H2,14,15,18,19)/b10-7+. The molecule has 1 aliphatic rings. The summed E-state index contributed by atoms with van der Waals surface area (Å²) in [4.78, 5) is 24.5. The van der Waals surface area contributed by atoms with Crippen molar-refractivity contribution in [2.45, 2.75) is 6.23 Å². The molecular formula is C13H15N3O3. The molecule has 1 heterocycles. The zero-order valence-corrected chi connectivity index (χ0v) is 10.7. The van der Waals surface area contributed by atoms with Crippen LogP contribution >= 0.6 is 0 Å². The number of nitrogens with zero attached hydrogens (tertiary/aromatic N) is 1. The zero-order valence-electron chi connectivity index (χ0n) is 10.7. The van der Waals surface area contributed by atoms with Gasteiger partial charge in [-0.15, -0.1) is 0 Å². The molecule has 1 aliphatic heterocycles. The van der Waals surface area contributed by atoms with Gasteiger partial charge < -0.3 is 15.3 Å². The van der Waals surface area contributed by atoms with Crippen molar-refractivity contribution in [1.29, 1.82) is 0 Å². The number of hydrogen-bond donors (Lipinski definition) is 3. The summed E-state index contributed by atoms with van der Waals surface area (Å²) >= 11 is 0. The van der Waals surface area contributed by atoms with E-state index in [4.69, 9.17) is 0 Å². The Morgan fingerprint density at radius 1 is 1.21 bits per heavy atom. The van der Waals surface area contributed by atoms with E-state index in [1.54, 1.807) is 6.08 Å². The van der Waals surface area contributed by atoms with Crippen LogP contribution in [0.4, 0.5) is 10.5 Å². The molecule has 0 radical (unpaired) electrons. The molecule has 0 bridgehead atoms. The molecule has 1 fully saturated rings. The quantitative estimate of drug-likeness (QED) is 0.668. The Labute approximate surface area is 110 Å². The zero-order chi connectivity index (χ0) is 14.0. The van der Waals surface area contributed by atoms with Gasteiger partial charge in [-0.3, -0.25) is 10.1 Å². The number of rotatable bonds is 2. The maximum atomic E-state index is 11.6. The number of nitrogens with one attached hydrogen (secondary N) is 2. The topological polar surface area (TPSA) is 81.7 Å². The molecular weight excluding hydrogens is 246 g/mol. The van der Waals surface area contributed by atoms with Crippen LogP contribution in [-0.2, 0) is 4.79 Å². The lowest BCUT2D eigenvalue weighted by atomic mass is 10.1. The number of anilines is 1. The Balaban J connectivity index is 2.25. The first kappa shape index (κ1) is 13.1. The summed E-state index contributed by atoms with van der Waals surface area (Å²) < 4.78 is 0. The fourth-order valence-corrected chi connectivity index (χ4v) is 1.73. The van der Waals surface area contributed by atoms with Gasteiger partial charge in [-0.05, 0) is 23.8 Å². The van der Waals surface area contributed by atoms with Crippen molar-refractivity contribution in [3.05, 3.63) is 35.4 Å². The summed E-state index contributed by atoms with van der Waals surface area (Å²) in [5.41, 5.74) is 1.91. The van der Waals surface area contributed by atoms with Crippen LogP contribution in [0.2, 0.25) is 0 Å². The van der Waals surface area contributed by atoms with E-state index in [0.717, 1.165) is 11.3 Å². The molecule has 0 spiro atoms. The lowest BCUT2D eigenvalue weighted by molar-refractivity contribution is -0.118. The number of imide groups is 1. The van der Waals surface area contributed by atoms with Gasteiger partial charge in [0.25, 0.3) is 5.91 Å². The molecule has 1 aromatic carbocycles. The van der Waals surface area contributed by atoms with Crippen molar-refractivity contribution in [2.75, 3.05) is 19.0 Å². The Hall–Kier alpha value is -2.34. The molecule has 3 amide bonds. The van der Waals surface area contributed by atoms with E-state index in [9.17, 15) is 14.7 Å². The summed E-state index contributed by atoms with van der Waals surface area (Å²) in [6.45, 7) is 0. The van der Waals surface area contributed by atoms with E-state index in [-0.39, 0.29) is 5.57 Å². The first-order valence-corrected chi connectivity index (χ1v) is 5.76. The number of carbonyl (C=O) groups is 2. The number of urea groups is 1. The normalized spacial score (nSPS) is 21.0. The molecule has 0 aliphatic carbocycles. The third kappa shape index (κ3) is 2.92. The average molecular weight is 261 g/mol. The fourth-order valence-electron chi connectivity index (χ4n) is 1.73. The van der Waals surface area contributed by atoms with Crippen LogP contribution in [0.3, 0.4) is 0 Å². The summed E-state index contributed by atoms with van der Waals surface area (Å²) in [6, 6.07) is 6.77. The van der Waals surface area contributed by atoms with Gasteiger partial charge in [-0.1, -0.05) is 12.1 Å². The number of aliphatic hydroxyl groups is 1. The van der Waals surface area contributed by atoms with Gasteiger partial charge in [0.1, 0.15) is 0 Å². The number of aliphatic hydroxyl groups excluding tert-OH is 1. The molecule has 0 aromatic heterocycles. The van der Waals surface area contributed by atoms with E-state index in [0.29, 0.717) is 0 Å². The minimum Gasteiger partial charge on any atom is -0.378 e. The Kier molecular flexibility index (Phi) is 3.52. The second kappa shape index (κ2) is 5.11. The number of benzene rings is 1. The molecule has 6 heteroatoms. The Bertz CT molecular complexity index is 535. The first-order chi connectivity index (χ1) is 8.97. The molecule has 1 atom stereocenters. The lowest BCUT2D eigenvalue weighted by Gasteiger charge is -2.21. The molecule has 19 heavy (non-hydrogen) atoms. The van der Waals surface area contributed by atoms with Gasteiger partial charge in [-0.25, -0.2) is 4.79 Å². The smallest absolute Gasteiger partial charge is 0.323 e. The molecule has 0 saturated carbocycles. The van der Waals surface area contributed by atoms with Crippen molar-refractivity contribution < 1.29 is 14.7 Å². The number of hydrogen-bond acceptors (Lipinski definition) is 4. The van der Waals surface area contributed by atoms with Gasteiger partial charge in [0.15, 0.2) is 6.23 Å². The molecule has 3 N–H and O–H groups in total. The van der Waals surface area contributed by atoms with Crippen molar-refractivity contribution >= 4 is 23.7 Å². The highest BCUT2D eigenvalue weighted by molar-refractivity contribution is 6.09. The van der Waals surface area contributed by atoms with Crippen molar-refractivity contribution in [3.8, 4) is 0 Å². The summed E-state index contributed by atoms with van der Waals surface area (Å²) in [6.07, 6.45) is 0.258. The lowest BCUT2D eigenvalue weighted by Crippen LogP contribution is -2.53. The van der Waals surface area contributed by atoms with E-state index < -0.39 is 18.2 Å². The SMILES string of the molecule is CN(C)c1ccc(/C=C2/C(=O)NC(=O)NC2O)cc1. The molecule has 1 unspecified atom stereocenters. The minimum atomic E-state index is -1.28. The van der Waals surface area contributed by atoms with Gasteiger partial charge in [0.05, 0.1) is 5.57 Å². The van der Waals surface area contributed by atoms with Gasteiger partial charge >= 0.3 is 6.03 Å². The van der Waals surface area contributed by atoms with E-state index in [1.165, 1.54) is 0 Å². The monoisotopic (exact) mass is 261 g/mol. The predicted molar refractivity (Wildman–Crippen MR) is 71.4 cm³/mol. The van der Waals surface area contributed by atoms with Crippen LogP contribution in [-0.4, -0.2) is 37.4 Å². The van der Waals surface area contributed by atoms with Crippen molar-refractivity contribution in [1.82, 2.24) is 10.6 Å². The number of carbonyl (C=O) groups excluding carboxylic acids is 2. The molecule has 1 saturated heterocycles. The third-order valence-corrected chi connectivity index (χ3v) is 2.78. The van der Waals surface area contributed by atoms with Gasteiger partial charge in [-0.2, -0.15) is 0 Å². The summed E-state index contributed by atoms with van der Waals surface area (Å²) in [5, 5.41) is 13.9. The van der Waals surface area contributed by atoms with Crippen molar-refractivity contribution in [2.24, 2.45) is 0 Å². The number of amides is 3.